The zero-order valence-electron chi connectivity index (χ0n) is 11.7. The molecular formula is C11H20ClN5OS. The van der Waals surface area contributed by atoms with Crippen LogP contribution in [0.1, 0.15) is 20.8 Å². The Labute approximate surface area is 121 Å². The summed E-state index contributed by atoms with van der Waals surface area (Å²) in [4.78, 5) is 14.4. The van der Waals surface area contributed by atoms with Crippen LogP contribution >= 0.6 is 11.6 Å². The molecule has 0 fully saturated rings. The lowest BCUT2D eigenvalue weighted by atomic mass is 10.5. The normalized spacial score (nSPS) is 13.9. The fourth-order valence-electron chi connectivity index (χ4n) is 1.42. The van der Waals surface area contributed by atoms with Gasteiger partial charge in [-0.3, -0.25) is 4.21 Å². The Hall–Kier alpha value is -0.950. The predicted octanol–water partition coefficient (Wildman–Crippen LogP) is 1.55. The quantitative estimate of drug-likeness (QED) is 0.824. The molecule has 0 amide bonds. The van der Waals surface area contributed by atoms with Crippen LogP contribution in [0.25, 0.3) is 0 Å². The average Bonchev–Trinajstić information content (AvgIpc) is 2.36. The van der Waals surface area contributed by atoms with E-state index in [2.05, 4.69) is 20.3 Å². The van der Waals surface area contributed by atoms with Crippen molar-refractivity contribution in [2.45, 2.75) is 26.0 Å². The Morgan fingerprint density at radius 2 is 1.95 bits per heavy atom. The third-order valence-electron chi connectivity index (χ3n) is 2.76. The van der Waals surface area contributed by atoms with Crippen molar-refractivity contribution in [2.24, 2.45) is 0 Å². The van der Waals surface area contributed by atoms with Crippen LogP contribution in [0.5, 0.6) is 0 Å². The first-order chi connectivity index (χ1) is 8.97. The number of hydrogen-bond acceptors (Lipinski definition) is 6. The number of anilines is 2. The third-order valence-corrected chi connectivity index (χ3v) is 4.23. The Morgan fingerprint density at radius 1 is 1.32 bits per heavy atom. The van der Waals surface area contributed by atoms with Gasteiger partial charge in [-0.1, -0.05) is 0 Å². The van der Waals surface area contributed by atoms with Crippen LogP contribution in [0.2, 0.25) is 5.28 Å². The zero-order chi connectivity index (χ0) is 14.4. The highest BCUT2D eigenvalue weighted by Crippen LogP contribution is 2.13. The van der Waals surface area contributed by atoms with Crippen molar-refractivity contribution in [1.29, 1.82) is 0 Å². The highest BCUT2D eigenvalue weighted by Gasteiger charge is 2.11. The highest BCUT2D eigenvalue weighted by atomic mass is 35.5. The Bertz CT molecular complexity index is 441. The molecule has 0 aliphatic rings. The van der Waals surface area contributed by atoms with Gasteiger partial charge < -0.3 is 10.2 Å². The van der Waals surface area contributed by atoms with Crippen LogP contribution in [-0.4, -0.2) is 50.3 Å². The maximum Gasteiger partial charge on any atom is 0.231 e. The molecule has 6 nitrogen and oxygen atoms in total. The second kappa shape index (κ2) is 7.59. The van der Waals surface area contributed by atoms with Gasteiger partial charge in [0.15, 0.2) is 0 Å². The molecule has 0 aliphatic heterocycles. The van der Waals surface area contributed by atoms with Gasteiger partial charge in [-0.05, 0) is 32.4 Å². The topological polar surface area (TPSA) is 71.0 Å². The minimum atomic E-state index is -0.884. The molecule has 1 N–H and O–H groups in total. The molecule has 0 bridgehead atoms. The van der Waals surface area contributed by atoms with Crippen LogP contribution in [0.3, 0.4) is 0 Å². The van der Waals surface area contributed by atoms with E-state index in [1.54, 1.807) is 6.26 Å². The monoisotopic (exact) mass is 305 g/mol. The van der Waals surface area contributed by atoms with Crippen LogP contribution < -0.4 is 10.2 Å². The van der Waals surface area contributed by atoms with Crippen molar-refractivity contribution in [3.63, 3.8) is 0 Å². The van der Waals surface area contributed by atoms with Crippen LogP contribution in [0.4, 0.5) is 11.9 Å². The lowest BCUT2D eigenvalue weighted by Crippen LogP contribution is -2.26. The number of aromatic nitrogens is 3. The number of halogens is 1. The third kappa shape index (κ3) is 4.91. The van der Waals surface area contributed by atoms with Gasteiger partial charge in [0, 0.05) is 41.9 Å². The van der Waals surface area contributed by atoms with Gasteiger partial charge in [-0.2, -0.15) is 15.0 Å². The van der Waals surface area contributed by atoms with Gasteiger partial charge >= 0.3 is 0 Å². The SMILES string of the molecule is CCN(CC)c1nc(Cl)nc(NCC(C)S(C)=O)n1. The van der Waals surface area contributed by atoms with E-state index >= 15 is 0 Å². The van der Waals surface area contributed by atoms with E-state index in [9.17, 15) is 4.21 Å². The van der Waals surface area contributed by atoms with Crippen LogP contribution in [0.15, 0.2) is 0 Å². The van der Waals surface area contributed by atoms with E-state index in [-0.39, 0.29) is 10.5 Å². The summed E-state index contributed by atoms with van der Waals surface area (Å²) in [7, 11) is -0.884. The molecule has 19 heavy (non-hydrogen) atoms. The molecular weight excluding hydrogens is 286 g/mol. The maximum absolute atomic E-state index is 11.3. The van der Waals surface area contributed by atoms with Gasteiger partial charge in [0.2, 0.25) is 17.2 Å². The first kappa shape index (κ1) is 16.1. The number of nitrogens with one attached hydrogen (secondary N) is 1. The van der Waals surface area contributed by atoms with Crippen LogP contribution in [-0.2, 0) is 10.8 Å². The summed E-state index contributed by atoms with van der Waals surface area (Å²) in [6.07, 6.45) is 1.67. The van der Waals surface area contributed by atoms with E-state index in [1.165, 1.54) is 0 Å². The van der Waals surface area contributed by atoms with Gasteiger partial charge in [0.1, 0.15) is 0 Å². The minimum Gasteiger partial charge on any atom is -0.353 e. The molecule has 2 unspecified atom stereocenters. The van der Waals surface area contributed by atoms with E-state index in [4.69, 9.17) is 11.6 Å². The van der Waals surface area contributed by atoms with Gasteiger partial charge in [0.05, 0.1) is 0 Å². The van der Waals surface area contributed by atoms with Gasteiger partial charge in [-0.15, -0.1) is 0 Å². The van der Waals surface area contributed by atoms with Crippen molar-refractivity contribution in [1.82, 2.24) is 15.0 Å². The van der Waals surface area contributed by atoms with Gasteiger partial charge in [-0.25, -0.2) is 0 Å². The second-order valence-electron chi connectivity index (χ2n) is 4.09. The second-order valence-corrected chi connectivity index (χ2v) is 6.23. The smallest absolute Gasteiger partial charge is 0.231 e. The molecule has 0 saturated heterocycles. The van der Waals surface area contributed by atoms with Crippen LogP contribution in [0, 0.1) is 0 Å². The molecule has 1 aromatic heterocycles. The van der Waals surface area contributed by atoms with Gasteiger partial charge in [0.25, 0.3) is 0 Å². The van der Waals surface area contributed by atoms with Crippen molar-refractivity contribution in [3.8, 4) is 0 Å². The predicted molar refractivity (Wildman–Crippen MR) is 80.4 cm³/mol. The van der Waals surface area contributed by atoms with Crippen molar-refractivity contribution >= 4 is 34.3 Å². The standard InChI is InChI=1S/C11H20ClN5OS/c1-5-17(6-2)11-15-9(12)14-10(16-11)13-7-8(3)19(4)18/h8H,5-7H2,1-4H3,(H,13,14,15,16). The molecule has 0 saturated carbocycles. The maximum atomic E-state index is 11.3. The number of hydrogen-bond donors (Lipinski definition) is 1. The lowest BCUT2D eigenvalue weighted by molar-refractivity contribution is 0.678. The summed E-state index contributed by atoms with van der Waals surface area (Å²) in [5.74, 6) is 0.969. The van der Waals surface area contributed by atoms with E-state index in [0.29, 0.717) is 18.4 Å². The molecule has 0 aromatic carbocycles. The van der Waals surface area contributed by atoms with E-state index in [1.807, 2.05) is 25.7 Å². The first-order valence-corrected chi connectivity index (χ1v) is 8.20. The Kier molecular flexibility index (Phi) is 6.44. The molecule has 0 radical (unpaired) electrons. The summed E-state index contributed by atoms with van der Waals surface area (Å²) in [6.45, 7) is 8.07. The molecule has 1 heterocycles. The van der Waals surface area contributed by atoms with Crippen molar-refractivity contribution in [2.75, 3.05) is 36.1 Å². The van der Waals surface area contributed by atoms with E-state index in [0.717, 1.165) is 13.1 Å². The van der Waals surface area contributed by atoms with E-state index < -0.39 is 10.8 Å². The zero-order valence-corrected chi connectivity index (χ0v) is 13.3. The summed E-state index contributed by atoms with van der Waals surface area (Å²) in [5.41, 5.74) is 0. The summed E-state index contributed by atoms with van der Waals surface area (Å²) < 4.78 is 11.3. The molecule has 0 aliphatic carbocycles. The fourth-order valence-corrected chi connectivity index (χ4v) is 1.89. The van der Waals surface area contributed by atoms with Crippen molar-refractivity contribution in [3.05, 3.63) is 5.28 Å². The molecule has 1 aromatic rings. The average molecular weight is 306 g/mol. The molecule has 1 rings (SSSR count). The number of rotatable bonds is 7. The first-order valence-electron chi connectivity index (χ1n) is 6.20. The fraction of sp³-hybridized carbons (Fsp3) is 0.727. The largest absolute Gasteiger partial charge is 0.353 e. The highest BCUT2D eigenvalue weighted by molar-refractivity contribution is 7.84. The Morgan fingerprint density at radius 3 is 2.47 bits per heavy atom. The summed E-state index contributed by atoms with van der Waals surface area (Å²) >= 11 is 5.90. The molecule has 108 valence electrons. The summed E-state index contributed by atoms with van der Waals surface area (Å²) in [6, 6.07) is 0. The number of nitrogens with zero attached hydrogens (tertiary/aromatic N) is 4. The molecule has 0 spiro atoms. The minimum absolute atomic E-state index is 0.0208. The Balaban J connectivity index is 2.82. The lowest BCUT2D eigenvalue weighted by Gasteiger charge is -2.19. The molecule has 8 heteroatoms. The molecule has 2 atom stereocenters. The summed E-state index contributed by atoms with van der Waals surface area (Å²) in [5, 5.41) is 3.22. The van der Waals surface area contributed by atoms with Crippen molar-refractivity contribution < 1.29 is 4.21 Å².